The molecule has 0 unspecified atom stereocenters. The third-order valence-corrected chi connectivity index (χ3v) is 2.40. The highest BCUT2D eigenvalue weighted by Crippen LogP contribution is 2.20. The van der Waals surface area contributed by atoms with Crippen molar-refractivity contribution in [1.82, 2.24) is 0 Å². The molecule has 0 saturated heterocycles. The molecule has 1 aromatic rings. The predicted octanol–water partition coefficient (Wildman–Crippen LogP) is 2.93. The molecule has 0 saturated carbocycles. The molecular formula is C16H20FNO2. The minimum Gasteiger partial charge on any atom is -0.395 e. The molecule has 0 fully saturated rings. The lowest BCUT2D eigenvalue weighted by Gasteiger charge is -2.17. The van der Waals surface area contributed by atoms with Gasteiger partial charge in [-0.1, -0.05) is 32.6 Å². The molecule has 0 bridgehead atoms. The molecule has 4 heteroatoms. The number of halogens is 1. The molecule has 1 rings (SSSR count). The van der Waals surface area contributed by atoms with Crippen molar-refractivity contribution in [2.45, 2.75) is 33.6 Å². The number of nitrogens with one attached hydrogen (secondary N) is 1. The maximum absolute atomic E-state index is 13.5. The number of carbonyl (C=O) groups is 1. The average molecular weight is 277 g/mol. The Morgan fingerprint density at radius 2 is 2.10 bits per heavy atom. The molecule has 1 amide bonds. The molecule has 3 nitrogen and oxygen atoms in total. The Labute approximate surface area is 119 Å². The first-order valence-corrected chi connectivity index (χ1v) is 6.51. The summed E-state index contributed by atoms with van der Waals surface area (Å²) in [5, 5.41) is 11.4. The van der Waals surface area contributed by atoms with Crippen molar-refractivity contribution in [1.29, 1.82) is 0 Å². The standard InChI is InChI=1S/C16H20FNO2/c1-16(2,3)11-15(20)18-13-7-8-14(17)12(10-13)6-4-5-9-19/h7-8,10,19H,5,9,11H2,1-3H3,(H,18,20). The van der Waals surface area contributed by atoms with Gasteiger partial charge in [-0.15, -0.1) is 0 Å². The van der Waals surface area contributed by atoms with Crippen LogP contribution in [0.25, 0.3) is 0 Å². The molecule has 2 N–H and O–H groups in total. The number of aliphatic hydroxyl groups is 1. The topological polar surface area (TPSA) is 49.3 Å². The summed E-state index contributed by atoms with van der Waals surface area (Å²) in [5.41, 5.74) is 0.634. The maximum Gasteiger partial charge on any atom is 0.224 e. The number of hydrogen-bond donors (Lipinski definition) is 2. The summed E-state index contributed by atoms with van der Waals surface area (Å²) in [4.78, 5) is 11.8. The summed E-state index contributed by atoms with van der Waals surface area (Å²) >= 11 is 0. The van der Waals surface area contributed by atoms with Crippen molar-refractivity contribution in [2.24, 2.45) is 5.41 Å². The summed E-state index contributed by atoms with van der Waals surface area (Å²) < 4.78 is 13.5. The van der Waals surface area contributed by atoms with Crippen molar-refractivity contribution in [3.05, 3.63) is 29.6 Å². The van der Waals surface area contributed by atoms with Gasteiger partial charge in [-0.2, -0.15) is 0 Å². The first kappa shape index (κ1) is 16.2. The molecule has 0 spiro atoms. The first-order valence-electron chi connectivity index (χ1n) is 6.51. The van der Waals surface area contributed by atoms with Gasteiger partial charge in [-0.3, -0.25) is 4.79 Å². The fourth-order valence-corrected chi connectivity index (χ4v) is 1.60. The van der Waals surface area contributed by atoms with E-state index in [-0.39, 0.29) is 23.5 Å². The van der Waals surface area contributed by atoms with Gasteiger partial charge in [0.25, 0.3) is 0 Å². The van der Waals surface area contributed by atoms with Crippen LogP contribution in [0.5, 0.6) is 0 Å². The van der Waals surface area contributed by atoms with Crippen LogP contribution in [0.4, 0.5) is 10.1 Å². The van der Waals surface area contributed by atoms with Crippen LogP contribution < -0.4 is 5.32 Å². The summed E-state index contributed by atoms with van der Waals surface area (Å²) in [7, 11) is 0. The van der Waals surface area contributed by atoms with Gasteiger partial charge >= 0.3 is 0 Å². The number of anilines is 1. The van der Waals surface area contributed by atoms with Crippen LogP contribution in [0.2, 0.25) is 0 Å². The summed E-state index contributed by atoms with van der Waals surface area (Å²) in [6.07, 6.45) is 0.677. The molecule has 1 aromatic carbocycles. The van der Waals surface area contributed by atoms with Crippen LogP contribution in [0.15, 0.2) is 18.2 Å². The van der Waals surface area contributed by atoms with Gasteiger partial charge in [0.1, 0.15) is 5.82 Å². The Morgan fingerprint density at radius 1 is 1.40 bits per heavy atom. The number of rotatable bonds is 3. The first-order chi connectivity index (χ1) is 9.31. The number of hydrogen-bond acceptors (Lipinski definition) is 2. The van der Waals surface area contributed by atoms with Gasteiger partial charge in [-0.25, -0.2) is 4.39 Å². The lowest BCUT2D eigenvalue weighted by molar-refractivity contribution is -0.117. The van der Waals surface area contributed by atoms with Crippen molar-refractivity contribution in [3.63, 3.8) is 0 Å². The van der Waals surface area contributed by atoms with Crippen LogP contribution in [-0.2, 0) is 4.79 Å². The number of benzene rings is 1. The highest BCUT2D eigenvalue weighted by atomic mass is 19.1. The Hall–Kier alpha value is -1.86. The quantitative estimate of drug-likeness (QED) is 0.835. The molecule has 20 heavy (non-hydrogen) atoms. The van der Waals surface area contributed by atoms with Crippen molar-refractivity contribution in [3.8, 4) is 11.8 Å². The normalized spacial score (nSPS) is 10.7. The van der Waals surface area contributed by atoms with Crippen molar-refractivity contribution < 1.29 is 14.3 Å². The summed E-state index contributed by atoms with van der Waals surface area (Å²) in [6, 6.07) is 4.28. The van der Waals surface area contributed by atoms with E-state index in [9.17, 15) is 9.18 Å². The Bertz CT molecular complexity index is 536. The number of amides is 1. The second-order valence-corrected chi connectivity index (χ2v) is 5.76. The van der Waals surface area contributed by atoms with Gasteiger partial charge < -0.3 is 10.4 Å². The number of aliphatic hydroxyl groups excluding tert-OH is 1. The van der Waals surface area contributed by atoms with E-state index in [2.05, 4.69) is 17.2 Å². The Kier molecular flexibility index (Phi) is 5.72. The van der Waals surface area contributed by atoms with E-state index in [0.29, 0.717) is 18.5 Å². The molecule has 0 radical (unpaired) electrons. The predicted molar refractivity (Wildman–Crippen MR) is 77.7 cm³/mol. The van der Waals surface area contributed by atoms with Gasteiger partial charge in [0.2, 0.25) is 5.91 Å². The molecule has 0 aliphatic heterocycles. The third-order valence-electron chi connectivity index (χ3n) is 2.40. The van der Waals surface area contributed by atoms with Crippen LogP contribution in [-0.4, -0.2) is 17.6 Å². The minimum absolute atomic E-state index is 0.0589. The largest absolute Gasteiger partial charge is 0.395 e. The van der Waals surface area contributed by atoms with E-state index in [4.69, 9.17) is 5.11 Å². The molecule has 0 heterocycles. The van der Waals surface area contributed by atoms with Crippen LogP contribution in [0.1, 0.15) is 39.2 Å². The number of carbonyl (C=O) groups excluding carboxylic acids is 1. The van der Waals surface area contributed by atoms with E-state index in [1.54, 1.807) is 0 Å². The zero-order chi connectivity index (χ0) is 15.2. The molecule has 0 aromatic heterocycles. The Balaban J connectivity index is 2.80. The lowest BCUT2D eigenvalue weighted by Crippen LogP contribution is -2.19. The van der Waals surface area contributed by atoms with E-state index >= 15 is 0 Å². The lowest BCUT2D eigenvalue weighted by atomic mass is 9.92. The second kappa shape index (κ2) is 7.06. The molecule has 0 aliphatic rings. The van der Waals surface area contributed by atoms with Gasteiger partial charge in [0, 0.05) is 18.5 Å². The summed E-state index contributed by atoms with van der Waals surface area (Å²) in [5.74, 6) is 4.74. The Morgan fingerprint density at radius 3 is 2.70 bits per heavy atom. The van der Waals surface area contributed by atoms with Crippen molar-refractivity contribution >= 4 is 11.6 Å². The smallest absolute Gasteiger partial charge is 0.224 e. The maximum atomic E-state index is 13.5. The minimum atomic E-state index is -0.440. The molecule has 0 aliphatic carbocycles. The van der Waals surface area contributed by atoms with E-state index < -0.39 is 5.82 Å². The second-order valence-electron chi connectivity index (χ2n) is 5.76. The average Bonchev–Trinajstić information content (AvgIpc) is 2.31. The van der Waals surface area contributed by atoms with Gasteiger partial charge in [0.05, 0.1) is 12.2 Å². The van der Waals surface area contributed by atoms with Crippen molar-refractivity contribution in [2.75, 3.05) is 11.9 Å². The van der Waals surface area contributed by atoms with E-state index in [1.807, 2.05) is 20.8 Å². The van der Waals surface area contributed by atoms with Crippen LogP contribution >= 0.6 is 0 Å². The van der Waals surface area contributed by atoms with Gasteiger partial charge in [0.15, 0.2) is 0 Å². The fraction of sp³-hybridized carbons (Fsp3) is 0.438. The van der Waals surface area contributed by atoms with Crippen LogP contribution in [0.3, 0.4) is 0 Å². The van der Waals surface area contributed by atoms with E-state index in [1.165, 1.54) is 18.2 Å². The van der Waals surface area contributed by atoms with Crippen LogP contribution in [0, 0.1) is 23.1 Å². The zero-order valence-electron chi connectivity index (χ0n) is 12.1. The van der Waals surface area contributed by atoms with Gasteiger partial charge in [-0.05, 0) is 23.6 Å². The molecule has 108 valence electrons. The SMILES string of the molecule is CC(C)(C)CC(=O)Nc1ccc(F)c(C#CCCO)c1. The highest BCUT2D eigenvalue weighted by molar-refractivity contribution is 5.91. The third kappa shape index (κ3) is 5.85. The van der Waals surface area contributed by atoms with E-state index in [0.717, 1.165) is 0 Å². The summed E-state index contributed by atoms with van der Waals surface area (Å²) in [6.45, 7) is 5.87. The fourth-order valence-electron chi connectivity index (χ4n) is 1.60. The molecular weight excluding hydrogens is 257 g/mol. The highest BCUT2D eigenvalue weighted by Gasteiger charge is 2.16. The molecule has 0 atom stereocenters. The monoisotopic (exact) mass is 277 g/mol. The zero-order valence-corrected chi connectivity index (χ0v) is 12.1.